The van der Waals surface area contributed by atoms with E-state index in [4.69, 9.17) is 0 Å². The molecule has 1 aliphatic heterocycles. The number of hydrogen-bond acceptors (Lipinski definition) is 4. The Labute approximate surface area is 120 Å². The molecule has 1 aliphatic rings. The van der Waals surface area contributed by atoms with Gasteiger partial charge in [-0.15, -0.1) is 0 Å². The smallest absolute Gasteiger partial charge is 0.262 e. The SMILES string of the molecule is CC(=O)NC1=NC(=O)[C@H](CC(=O)c2ccc(C)cc2)S1. The topological polar surface area (TPSA) is 75.6 Å². The minimum Gasteiger partial charge on any atom is -0.305 e. The predicted octanol–water partition coefficient (Wildman–Crippen LogP) is 1.70. The van der Waals surface area contributed by atoms with Gasteiger partial charge in [0.25, 0.3) is 5.91 Å². The van der Waals surface area contributed by atoms with Crippen LogP contribution in [0.15, 0.2) is 29.3 Å². The van der Waals surface area contributed by atoms with Crippen LogP contribution in [0.25, 0.3) is 0 Å². The fourth-order valence-corrected chi connectivity index (χ4v) is 2.75. The molecular formula is C14H14N2O3S. The number of carbonyl (C=O) groups excluding carboxylic acids is 3. The third kappa shape index (κ3) is 3.54. The van der Waals surface area contributed by atoms with Crippen molar-refractivity contribution >= 4 is 34.5 Å². The summed E-state index contributed by atoms with van der Waals surface area (Å²) in [5.74, 6) is -0.760. The molecule has 0 bridgehead atoms. The van der Waals surface area contributed by atoms with Crippen molar-refractivity contribution in [2.45, 2.75) is 25.5 Å². The number of hydrogen-bond donors (Lipinski definition) is 1. The van der Waals surface area contributed by atoms with Crippen molar-refractivity contribution in [1.82, 2.24) is 5.32 Å². The summed E-state index contributed by atoms with van der Waals surface area (Å²) in [5, 5.41) is 2.18. The van der Waals surface area contributed by atoms with Crippen LogP contribution in [-0.4, -0.2) is 28.0 Å². The van der Waals surface area contributed by atoms with Gasteiger partial charge in [-0.05, 0) is 6.92 Å². The van der Waals surface area contributed by atoms with Gasteiger partial charge in [0.1, 0.15) is 5.25 Å². The minimum absolute atomic E-state index is 0.0825. The van der Waals surface area contributed by atoms with E-state index in [-0.39, 0.29) is 29.2 Å². The standard InChI is InChI=1S/C14H14N2O3S/c1-8-3-5-10(6-4-8)11(18)7-12-13(19)16-14(20-12)15-9(2)17/h3-6,12H,7H2,1-2H3,(H,15,16,17,19)/t12-/m0/s1. The van der Waals surface area contributed by atoms with E-state index in [0.717, 1.165) is 17.3 Å². The van der Waals surface area contributed by atoms with E-state index in [0.29, 0.717) is 5.56 Å². The lowest BCUT2D eigenvalue weighted by Crippen LogP contribution is -2.24. The number of carbonyl (C=O) groups is 3. The lowest BCUT2D eigenvalue weighted by molar-refractivity contribution is -0.117. The molecular weight excluding hydrogens is 276 g/mol. The molecule has 1 aromatic rings. The predicted molar refractivity (Wildman–Crippen MR) is 77.8 cm³/mol. The molecule has 1 atom stereocenters. The van der Waals surface area contributed by atoms with Crippen LogP contribution in [0.3, 0.4) is 0 Å². The van der Waals surface area contributed by atoms with Crippen molar-refractivity contribution in [2.24, 2.45) is 4.99 Å². The van der Waals surface area contributed by atoms with Crippen LogP contribution >= 0.6 is 11.8 Å². The quantitative estimate of drug-likeness (QED) is 0.860. The van der Waals surface area contributed by atoms with Gasteiger partial charge in [-0.1, -0.05) is 41.6 Å². The highest BCUT2D eigenvalue weighted by molar-refractivity contribution is 8.15. The number of aliphatic imine (C=N–C) groups is 1. The van der Waals surface area contributed by atoms with Crippen molar-refractivity contribution in [1.29, 1.82) is 0 Å². The second-order valence-corrected chi connectivity index (χ2v) is 5.73. The van der Waals surface area contributed by atoms with Gasteiger partial charge < -0.3 is 5.32 Å². The van der Waals surface area contributed by atoms with E-state index in [1.807, 2.05) is 19.1 Å². The minimum atomic E-state index is -0.550. The first-order chi connectivity index (χ1) is 9.45. The Morgan fingerprint density at radius 3 is 2.55 bits per heavy atom. The first-order valence-electron chi connectivity index (χ1n) is 6.12. The zero-order chi connectivity index (χ0) is 14.7. The van der Waals surface area contributed by atoms with Gasteiger partial charge in [0.15, 0.2) is 11.0 Å². The van der Waals surface area contributed by atoms with Gasteiger partial charge in [0.2, 0.25) is 5.91 Å². The van der Waals surface area contributed by atoms with Gasteiger partial charge in [0, 0.05) is 18.9 Å². The van der Waals surface area contributed by atoms with E-state index >= 15 is 0 Å². The Kier molecular flexibility index (Phi) is 4.34. The molecule has 0 unspecified atom stereocenters. The highest BCUT2D eigenvalue weighted by Gasteiger charge is 2.31. The Balaban J connectivity index is 1.98. The Morgan fingerprint density at radius 2 is 1.95 bits per heavy atom. The summed E-state index contributed by atoms with van der Waals surface area (Å²) in [6.45, 7) is 3.29. The van der Waals surface area contributed by atoms with Crippen LogP contribution < -0.4 is 5.32 Å². The maximum Gasteiger partial charge on any atom is 0.262 e. The van der Waals surface area contributed by atoms with Crippen molar-refractivity contribution in [3.8, 4) is 0 Å². The third-order valence-corrected chi connectivity index (χ3v) is 3.84. The zero-order valence-electron chi connectivity index (χ0n) is 11.2. The Morgan fingerprint density at radius 1 is 1.30 bits per heavy atom. The van der Waals surface area contributed by atoms with Crippen LogP contribution in [-0.2, 0) is 9.59 Å². The van der Waals surface area contributed by atoms with Crippen LogP contribution in [0.4, 0.5) is 0 Å². The Bertz CT molecular complexity index is 593. The molecule has 0 spiro atoms. The van der Waals surface area contributed by atoms with E-state index in [2.05, 4.69) is 10.3 Å². The monoisotopic (exact) mass is 290 g/mol. The van der Waals surface area contributed by atoms with Crippen LogP contribution in [0.1, 0.15) is 29.3 Å². The van der Waals surface area contributed by atoms with Gasteiger partial charge in [-0.2, -0.15) is 4.99 Å². The van der Waals surface area contributed by atoms with E-state index in [1.54, 1.807) is 12.1 Å². The van der Waals surface area contributed by atoms with Crippen molar-refractivity contribution in [3.63, 3.8) is 0 Å². The molecule has 0 aliphatic carbocycles. The first kappa shape index (κ1) is 14.5. The fourth-order valence-electron chi connectivity index (χ4n) is 1.75. The molecule has 5 nitrogen and oxygen atoms in total. The van der Waals surface area contributed by atoms with Crippen molar-refractivity contribution in [2.75, 3.05) is 0 Å². The lowest BCUT2D eigenvalue weighted by Gasteiger charge is -2.06. The Hall–Kier alpha value is -1.95. The molecule has 104 valence electrons. The van der Waals surface area contributed by atoms with Gasteiger partial charge in [-0.3, -0.25) is 14.4 Å². The molecule has 0 saturated heterocycles. The molecule has 1 N–H and O–H groups in total. The normalized spacial score (nSPS) is 17.8. The highest BCUT2D eigenvalue weighted by Crippen LogP contribution is 2.25. The molecule has 0 aromatic heterocycles. The number of amidine groups is 1. The number of nitrogens with one attached hydrogen (secondary N) is 1. The molecule has 0 fully saturated rings. The summed E-state index contributed by atoms with van der Waals surface area (Å²) in [4.78, 5) is 38.4. The fraction of sp³-hybridized carbons (Fsp3) is 0.286. The number of Topliss-reactive ketones (excluding diaryl/α,β-unsaturated/α-hetero) is 1. The lowest BCUT2D eigenvalue weighted by atomic mass is 10.0. The summed E-state index contributed by atoms with van der Waals surface area (Å²) in [7, 11) is 0. The molecule has 1 heterocycles. The molecule has 2 amide bonds. The second kappa shape index (κ2) is 6.00. The largest absolute Gasteiger partial charge is 0.305 e. The average Bonchev–Trinajstić information content (AvgIpc) is 2.69. The van der Waals surface area contributed by atoms with Crippen LogP contribution in [0, 0.1) is 6.92 Å². The van der Waals surface area contributed by atoms with E-state index in [1.165, 1.54) is 6.92 Å². The van der Waals surface area contributed by atoms with Crippen molar-refractivity contribution < 1.29 is 14.4 Å². The first-order valence-corrected chi connectivity index (χ1v) is 7.00. The number of aryl methyl sites for hydroxylation is 1. The second-order valence-electron chi connectivity index (χ2n) is 4.54. The number of rotatable bonds is 3. The number of benzene rings is 1. The molecule has 0 saturated carbocycles. The summed E-state index contributed by atoms with van der Waals surface area (Å²) in [6.07, 6.45) is 0.0825. The molecule has 0 radical (unpaired) electrons. The van der Waals surface area contributed by atoms with Crippen LogP contribution in [0.5, 0.6) is 0 Å². The molecule has 2 rings (SSSR count). The van der Waals surface area contributed by atoms with Crippen LogP contribution in [0.2, 0.25) is 0 Å². The number of thioether (sulfide) groups is 1. The number of nitrogens with zero attached hydrogens (tertiary/aromatic N) is 1. The van der Waals surface area contributed by atoms with Gasteiger partial charge >= 0.3 is 0 Å². The summed E-state index contributed by atoms with van der Waals surface area (Å²) >= 11 is 1.12. The summed E-state index contributed by atoms with van der Waals surface area (Å²) in [6, 6.07) is 7.21. The maximum atomic E-state index is 12.1. The maximum absolute atomic E-state index is 12.1. The van der Waals surface area contributed by atoms with Gasteiger partial charge in [0.05, 0.1) is 0 Å². The number of amides is 2. The summed E-state index contributed by atoms with van der Waals surface area (Å²) < 4.78 is 0. The molecule has 20 heavy (non-hydrogen) atoms. The number of ketones is 1. The van der Waals surface area contributed by atoms with Crippen molar-refractivity contribution in [3.05, 3.63) is 35.4 Å². The van der Waals surface area contributed by atoms with E-state index in [9.17, 15) is 14.4 Å². The van der Waals surface area contributed by atoms with E-state index < -0.39 is 5.25 Å². The zero-order valence-corrected chi connectivity index (χ0v) is 12.0. The molecule has 6 heteroatoms. The molecule has 1 aromatic carbocycles. The van der Waals surface area contributed by atoms with Gasteiger partial charge in [-0.25, -0.2) is 0 Å². The average molecular weight is 290 g/mol. The highest BCUT2D eigenvalue weighted by atomic mass is 32.2. The summed E-state index contributed by atoms with van der Waals surface area (Å²) in [5.41, 5.74) is 1.65. The third-order valence-electron chi connectivity index (χ3n) is 2.77.